The molecule has 0 saturated heterocycles. The van der Waals surface area contributed by atoms with Crippen LogP contribution in [0.4, 0.5) is 5.95 Å². The number of nitrogens with one attached hydrogen (secondary N) is 1. The van der Waals surface area contributed by atoms with Crippen LogP contribution in [0.2, 0.25) is 0 Å². The van der Waals surface area contributed by atoms with Crippen molar-refractivity contribution in [1.29, 1.82) is 0 Å². The number of methoxy groups -OCH3 is 1. The molecule has 1 aromatic heterocycles. The molecular weight excluding hydrogens is 214 g/mol. The van der Waals surface area contributed by atoms with E-state index in [-0.39, 0.29) is 0 Å². The highest BCUT2D eigenvalue weighted by Gasteiger charge is 2.03. The first-order chi connectivity index (χ1) is 7.15. The molecule has 7 heteroatoms. The molecule has 0 aliphatic carbocycles. The Morgan fingerprint density at radius 2 is 2.33 bits per heavy atom. The quantitative estimate of drug-likeness (QED) is 0.679. The lowest BCUT2D eigenvalue weighted by Gasteiger charge is -2.16. The zero-order valence-corrected chi connectivity index (χ0v) is 9.88. The molecule has 6 nitrogen and oxygen atoms in total. The Morgan fingerprint density at radius 1 is 1.60 bits per heavy atom. The molecule has 1 heterocycles. The Labute approximate surface area is 94.0 Å². The van der Waals surface area contributed by atoms with Gasteiger partial charge in [-0.1, -0.05) is 0 Å². The van der Waals surface area contributed by atoms with Crippen molar-refractivity contribution in [2.75, 3.05) is 39.6 Å². The first-order valence-corrected chi connectivity index (χ1v) is 5.14. The van der Waals surface area contributed by atoms with Gasteiger partial charge in [0.1, 0.15) is 0 Å². The summed E-state index contributed by atoms with van der Waals surface area (Å²) in [5.41, 5.74) is 5.64. The summed E-state index contributed by atoms with van der Waals surface area (Å²) >= 11 is 5.03. The lowest BCUT2D eigenvalue weighted by atomic mass is 10.5. The largest absolute Gasteiger partial charge is 0.383 e. The van der Waals surface area contributed by atoms with Crippen LogP contribution in [0.15, 0.2) is 0 Å². The molecule has 0 saturated carbocycles. The molecule has 1 aromatic rings. The first-order valence-electron chi connectivity index (χ1n) is 4.73. The molecule has 1 rings (SSSR count). The third-order valence-electron chi connectivity index (χ3n) is 2.17. The van der Waals surface area contributed by atoms with Crippen molar-refractivity contribution in [2.24, 2.45) is 0 Å². The van der Waals surface area contributed by atoms with Crippen molar-refractivity contribution in [3.8, 4) is 0 Å². The number of ether oxygens (including phenoxy) is 1. The number of aromatic amines is 1. The number of hydrogen-bond acceptors (Lipinski definition) is 5. The van der Waals surface area contributed by atoms with E-state index in [4.69, 9.17) is 22.7 Å². The fourth-order valence-electron chi connectivity index (χ4n) is 1.18. The SMILES string of the molecule is COCCN(C)CCn1c(N)n[nH]c1=S. The molecule has 0 spiro atoms. The molecule has 0 aromatic carbocycles. The number of anilines is 1. The summed E-state index contributed by atoms with van der Waals surface area (Å²) in [5.74, 6) is 0.431. The van der Waals surface area contributed by atoms with Gasteiger partial charge in [-0.15, -0.1) is 5.10 Å². The van der Waals surface area contributed by atoms with Crippen LogP contribution < -0.4 is 5.73 Å². The number of likely N-dealkylation sites (N-methyl/N-ethyl adjacent to an activating group) is 1. The molecule has 0 radical (unpaired) electrons. The van der Waals surface area contributed by atoms with E-state index in [1.807, 2.05) is 7.05 Å². The Hall–Kier alpha value is -0.920. The lowest BCUT2D eigenvalue weighted by Crippen LogP contribution is -2.27. The van der Waals surface area contributed by atoms with Gasteiger partial charge in [-0.2, -0.15) is 0 Å². The molecule has 15 heavy (non-hydrogen) atoms. The van der Waals surface area contributed by atoms with Crippen LogP contribution in [-0.4, -0.2) is 53.5 Å². The van der Waals surface area contributed by atoms with Gasteiger partial charge in [-0.05, 0) is 19.3 Å². The Kier molecular flexibility index (Phi) is 4.73. The number of nitrogen functional groups attached to an aromatic ring is 1. The minimum atomic E-state index is 0.431. The minimum Gasteiger partial charge on any atom is -0.383 e. The van der Waals surface area contributed by atoms with Crippen LogP contribution in [0.25, 0.3) is 0 Å². The molecule has 0 aliphatic heterocycles. The monoisotopic (exact) mass is 231 g/mol. The van der Waals surface area contributed by atoms with Crippen LogP contribution in [0.3, 0.4) is 0 Å². The summed E-state index contributed by atoms with van der Waals surface area (Å²) in [6.45, 7) is 3.22. The number of hydrogen-bond donors (Lipinski definition) is 2. The second kappa shape index (κ2) is 5.84. The Balaban J connectivity index is 2.40. The van der Waals surface area contributed by atoms with Gasteiger partial charge in [-0.3, -0.25) is 4.57 Å². The van der Waals surface area contributed by atoms with Crippen molar-refractivity contribution in [3.63, 3.8) is 0 Å². The fraction of sp³-hybridized carbons (Fsp3) is 0.750. The number of nitrogens with zero attached hydrogens (tertiary/aromatic N) is 3. The Morgan fingerprint density at radius 3 is 2.87 bits per heavy atom. The van der Waals surface area contributed by atoms with Gasteiger partial charge < -0.3 is 15.4 Å². The van der Waals surface area contributed by atoms with Crippen LogP contribution >= 0.6 is 12.2 Å². The van der Waals surface area contributed by atoms with E-state index in [1.54, 1.807) is 11.7 Å². The van der Waals surface area contributed by atoms with E-state index in [1.165, 1.54) is 0 Å². The number of rotatable bonds is 6. The molecule has 86 valence electrons. The summed E-state index contributed by atoms with van der Waals surface area (Å²) in [5, 5.41) is 6.49. The van der Waals surface area contributed by atoms with Gasteiger partial charge >= 0.3 is 0 Å². The van der Waals surface area contributed by atoms with Crippen LogP contribution in [0.1, 0.15) is 0 Å². The standard InChI is InChI=1S/C8H17N5OS/c1-12(5-6-14-2)3-4-13-7(9)10-11-8(13)15/h3-6H2,1-2H3,(H2,9,10)(H,11,15). The second-order valence-corrected chi connectivity index (χ2v) is 3.72. The third-order valence-corrected chi connectivity index (χ3v) is 2.48. The first kappa shape index (κ1) is 12.2. The van der Waals surface area contributed by atoms with Gasteiger partial charge in [0.15, 0.2) is 4.77 Å². The van der Waals surface area contributed by atoms with E-state index in [0.29, 0.717) is 10.7 Å². The van der Waals surface area contributed by atoms with Gasteiger partial charge in [0, 0.05) is 26.7 Å². The average molecular weight is 231 g/mol. The highest BCUT2D eigenvalue weighted by molar-refractivity contribution is 7.71. The third kappa shape index (κ3) is 3.61. The molecule has 3 N–H and O–H groups in total. The van der Waals surface area contributed by atoms with Crippen molar-refractivity contribution in [1.82, 2.24) is 19.7 Å². The van der Waals surface area contributed by atoms with Crippen LogP contribution in [0, 0.1) is 4.77 Å². The molecule has 0 amide bonds. The molecule has 0 bridgehead atoms. The normalized spacial score (nSPS) is 11.1. The van der Waals surface area contributed by atoms with E-state index in [9.17, 15) is 0 Å². The Bertz CT molecular complexity index is 347. The lowest BCUT2D eigenvalue weighted by molar-refractivity contribution is 0.159. The van der Waals surface area contributed by atoms with E-state index >= 15 is 0 Å². The van der Waals surface area contributed by atoms with Crippen molar-refractivity contribution in [2.45, 2.75) is 6.54 Å². The van der Waals surface area contributed by atoms with E-state index < -0.39 is 0 Å². The number of nitrogens with two attached hydrogens (primary N) is 1. The average Bonchev–Trinajstić information content (AvgIpc) is 2.53. The van der Waals surface area contributed by atoms with Gasteiger partial charge in [-0.25, -0.2) is 5.10 Å². The maximum absolute atomic E-state index is 5.64. The van der Waals surface area contributed by atoms with Crippen LogP contribution in [-0.2, 0) is 11.3 Å². The van der Waals surface area contributed by atoms with E-state index in [2.05, 4.69) is 15.1 Å². The van der Waals surface area contributed by atoms with Gasteiger partial charge in [0.2, 0.25) is 5.95 Å². The smallest absolute Gasteiger partial charge is 0.220 e. The van der Waals surface area contributed by atoms with E-state index in [0.717, 1.165) is 26.2 Å². The molecule has 0 unspecified atom stereocenters. The fourth-order valence-corrected chi connectivity index (χ4v) is 1.41. The van der Waals surface area contributed by atoms with Crippen molar-refractivity contribution in [3.05, 3.63) is 4.77 Å². The van der Waals surface area contributed by atoms with Crippen molar-refractivity contribution >= 4 is 18.2 Å². The maximum Gasteiger partial charge on any atom is 0.220 e. The van der Waals surface area contributed by atoms with Gasteiger partial charge in [0.05, 0.1) is 6.61 Å². The summed E-state index contributed by atoms with van der Waals surface area (Å²) in [6.07, 6.45) is 0. The van der Waals surface area contributed by atoms with Gasteiger partial charge in [0.25, 0.3) is 0 Å². The molecule has 0 atom stereocenters. The summed E-state index contributed by atoms with van der Waals surface area (Å²) in [4.78, 5) is 2.15. The highest BCUT2D eigenvalue weighted by Crippen LogP contribution is 1.99. The van der Waals surface area contributed by atoms with Crippen LogP contribution in [0.5, 0.6) is 0 Å². The predicted molar refractivity (Wildman–Crippen MR) is 61.2 cm³/mol. The maximum atomic E-state index is 5.64. The molecule has 0 fully saturated rings. The minimum absolute atomic E-state index is 0.431. The van der Waals surface area contributed by atoms with Crippen molar-refractivity contribution < 1.29 is 4.74 Å². The number of H-pyrrole nitrogens is 1. The summed E-state index contributed by atoms with van der Waals surface area (Å²) in [6, 6.07) is 0. The summed E-state index contributed by atoms with van der Waals surface area (Å²) in [7, 11) is 3.72. The zero-order valence-electron chi connectivity index (χ0n) is 9.06. The highest BCUT2D eigenvalue weighted by atomic mass is 32.1. The molecular formula is C8H17N5OS. The predicted octanol–water partition coefficient (Wildman–Crippen LogP) is 0.101. The topological polar surface area (TPSA) is 72.1 Å². The summed E-state index contributed by atoms with van der Waals surface area (Å²) < 4.78 is 7.32. The number of aromatic nitrogens is 3. The molecule has 0 aliphatic rings. The second-order valence-electron chi connectivity index (χ2n) is 3.33. The zero-order chi connectivity index (χ0) is 11.3.